The van der Waals surface area contributed by atoms with Crippen LogP contribution in [-0.2, 0) is 12.8 Å². The Morgan fingerprint density at radius 3 is 1.97 bits per heavy atom. The van der Waals surface area contributed by atoms with Gasteiger partial charge in [-0.05, 0) is 77.0 Å². The summed E-state index contributed by atoms with van der Waals surface area (Å²) in [7, 11) is 1.74. The molecule has 2 heteroatoms. The van der Waals surface area contributed by atoms with Crippen LogP contribution in [0.1, 0.15) is 84.4 Å². The van der Waals surface area contributed by atoms with Crippen molar-refractivity contribution in [3.8, 4) is 11.8 Å². The zero-order valence-corrected chi connectivity index (χ0v) is 20.3. The quantitative estimate of drug-likeness (QED) is 0.370. The largest absolute Gasteiger partial charge is 0.496 e. The average Bonchev–Trinajstić information content (AvgIpc) is 2.79. The fourth-order valence-electron chi connectivity index (χ4n) is 4.82. The maximum Gasteiger partial charge on any atom is 0.122 e. The Labute approximate surface area is 193 Å². The van der Waals surface area contributed by atoms with Gasteiger partial charge in [0.2, 0.25) is 0 Å². The zero-order chi connectivity index (χ0) is 23.3. The Morgan fingerprint density at radius 2 is 1.31 bits per heavy atom. The molecule has 2 nitrogen and oxygen atoms in total. The van der Waals surface area contributed by atoms with Crippen LogP contribution >= 0.6 is 0 Å². The first-order chi connectivity index (χ1) is 15.4. The van der Waals surface area contributed by atoms with Gasteiger partial charge in [0.15, 0.2) is 0 Å². The lowest BCUT2D eigenvalue weighted by molar-refractivity contribution is 0.406. The molecule has 3 aromatic rings. The van der Waals surface area contributed by atoms with E-state index in [0.29, 0.717) is 17.8 Å². The Balaban J connectivity index is 1.86. The normalized spacial score (nSPS) is 12.9. The van der Waals surface area contributed by atoms with Gasteiger partial charge in [-0.15, -0.1) is 0 Å². The molecule has 0 aliphatic heterocycles. The van der Waals surface area contributed by atoms with Crippen LogP contribution in [0.4, 0.5) is 0 Å². The van der Waals surface area contributed by atoms with Crippen molar-refractivity contribution >= 4 is 0 Å². The van der Waals surface area contributed by atoms with E-state index < -0.39 is 0 Å². The molecule has 0 amide bonds. The summed E-state index contributed by atoms with van der Waals surface area (Å²) in [6.45, 7) is 11.1. The number of ether oxygens (including phenoxy) is 1. The molecule has 2 atom stereocenters. The summed E-state index contributed by atoms with van der Waals surface area (Å²) in [5.41, 5.74) is 8.51. The molecule has 0 radical (unpaired) electrons. The number of methoxy groups -OCH3 is 1. The number of nitriles is 1. The summed E-state index contributed by atoms with van der Waals surface area (Å²) in [5, 5.41) is 9.82. The molecule has 0 aliphatic rings. The molecule has 0 saturated heterocycles. The fourth-order valence-corrected chi connectivity index (χ4v) is 4.82. The van der Waals surface area contributed by atoms with Gasteiger partial charge in [0.1, 0.15) is 5.75 Å². The van der Waals surface area contributed by atoms with E-state index >= 15 is 0 Å². The highest BCUT2D eigenvalue weighted by Gasteiger charge is 2.18. The van der Waals surface area contributed by atoms with Crippen LogP contribution in [0.15, 0.2) is 60.7 Å². The third kappa shape index (κ3) is 5.05. The van der Waals surface area contributed by atoms with Crippen LogP contribution in [0, 0.1) is 18.3 Å². The number of hydrogen-bond acceptors (Lipinski definition) is 2. The van der Waals surface area contributed by atoms with Crippen molar-refractivity contribution in [2.75, 3.05) is 7.11 Å². The number of para-hydroxylation sites is 1. The molecular formula is C30H35NO. The molecule has 0 bridgehead atoms. The predicted octanol–water partition coefficient (Wildman–Crippen LogP) is 7.69. The van der Waals surface area contributed by atoms with Gasteiger partial charge in [0.05, 0.1) is 18.7 Å². The van der Waals surface area contributed by atoms with Crippen molar-refractivity contribution in [2.45, 2.75) is 65.2 Å². The highest BCUT2D eigenvalue weighted by Crippen LogP contribution is 2.33. The van der Waals surface area contributed by atoms with E-state index in [-0.39, 0.29) is 0 Å². The van der Waals surface area contributed by atoms with Crippen molar-refractivity contribution < 1.29 is 4.74 Å². The summed E-state index contributed by atoms with van der Waals surface area (Å²) in [6.07, 6.45) is 1.84. The van der Waals surface area contributed by atoms with Gasteiger partial charge in [-0.2, -0.15) is 5.26 Å². The van der Waals surface area contributed by atoms with Crippen LogP contribution in [-0.4, -0.2) is 7.11 Å². The average molecular weight is 426 g/mol. The van der Waals surface area contributed by atoms with Crippen LogP contribution in [0.25, 0.3) is 0 Å². The molecule has 0 fully saturated rings. The second-order valence-electron chi connectivity index (χ2n) is 9.23. The zero-order valence-electron chi connectivity index (χ0n) is 20.3. The lowest BCUT2D eigenvalue weighted by Crippen LogP contribution is -2.08. The Morgan fingerprint density at radius 1 is 0.750 bits per heavy atom. The molecule has 0 saturated carbocycles. The molecule has 0 aromatic heterocycles. The van der Waals surface area contributed by atoms with E-state index in [4.69, 9.17) is 4.74 Å². The molecule has 32 heavy (non-hydrogen) atoms. The van der Waals surface area contributed by atoms with Gasteiger partial charge < -0.3 is 4.74 Å². The highest BCUT2D eigenvalue weighted by atomic mass is 16.5. The van der Waals surface area contributed by atoms with E-state index in [0.717, 1.165) is 35.3 Å². The van der Waals surface area contributed by atoms with Gasteiger partial charge >= 0.3 is 0 Å². The Bertz CT molecular complexity index is 1110. The van der Waals surface area contributed by atoms with Crippen molar-refractivity contribution in [3.63, 3.8) is 0 Å². The molecule has 3 rings (SSSR count). The van der Waals surface area contributed by atoms with E-state index in [1.165, 1.54) is 22.3 Å². The standard InChI is InChI=1S/C30H35NO/c1-20(2)26-14-10-12-25(29(26)19-31)18-21(3)27-15-9-11-24(23(27)5)17-22(4)28-13-7-8-16-30(28)32-6/h7-16,20-22H,17-18H2,1-6H3. The first-order valence-corrected chi connectivity index (χ1v) is 11.6. The highest BCUT2D eigenvalue weighted by molar-refractivity contribution is 5.47. The van der Waals surface area contributed by atoms with Crippen LogP contribution < -0.4 is 4.74 Å². The van der Waals surface area contributed by atoms with Crippen molar-refractivity contribution in [1.82, 2.24) is 0 Å². The van der Waals surface area contributed by atoms with Gasteiger partial charge in [0.25, 0.3) is 0 Å². The molecule has 0 N–H and O–H groups in total. The maximum atomic E-state index is 9.82. The smallest absolute Gasteiger partial charge is 0.122 e. The molecule has 0 aliphatic carbocycles. The SMILES string of the molecule is COc1ccccc1C(C)Cc1cccc(C(C)Cc2cccc(C(C)C)c2C#N)c1C. The Hall–Kier alpha value is -3.05. The van der Waals surface area contributed by atoms with Gasteiger partial charge in [-0.25, -0.2) is 0 Å². The summed E-state index contributed by atoms with van der Waals surface area (Å²) in [4.78, 5) is 0. The Kier molecular flexibility index (Phi) is 7.75. The third-order valence-electron chi connectivity index (χ3n) is 6.66. The lowest BCUT2D eigenvalue weighted by Gasteiger charge is -2.21. The number of nitrogens with zero attached hydrogens (tertiary/aromatic N) is 1. The van der Waals surface area contributed by atoms with Crippen LogP contribution in [0.2, 0.25) is 0 Å². The van der Waals surface area contributed by atoms with Crippen molar-refractivity contribution in [3.05, 3.63) is 99.6 Å². The summed E-state index contributed by atoms with van der Waals surface area (Å²) in [5.74, 6) is 2.01. The van der Waals surface area contributed by atoms with Crippen LogP contribution in [0.3, 0.4) is 0 Å². The van der Waals surface area contributed by atoms with Gasteiger partial charge in [-0.1, -0.05) is 82.3 Å². The molecule has 0 spiro atoms. The topological polar surface area (TPSA) is 33.0 Å². The first-order valence-electron chi connectivity index (χ1n) is 11.6. The monoisotopic (exact) mass is 425 g/mol. The minimum Gasteiger partial charge on any atom is -0.496 e. The summed E-state index contributed by atoms with van der Waals surface area (Å²) < 4.78 is 5.58. The molecule has 2 unspecified atom stereocenters. The maximum absolute atomic E-state index is 9.82. The molecule has 3 aromatic carbocycles. The second kappa shape index (κ2) is 10.5. The summed E-state index contributed by atoms with van der Waals surface area (Å²) in [6, 6.07) is 23.7. The van der Waals surface area contributed by atoms with Crippen LogP contribution in [0.5, 0.6) is 5.75 Å². The number of benzene rings is 3. The van der Waals surface area contributed by atoms with Gasteiger partial charge in [0, 0.05) is 0 Å². The third-order valence-corrected chi connectivity index (χ3v) is 6.66. The molecular weight excluding hydrogens is 390 g/mol. The van der Waals surface area contributed by atoms with E-state index in [2.05, 4.69) is 89.2 Å². The van der Waals surface area contributed by atoms with Gasteiger partial charge in [-0.3, -0.25) is 0 Å². The minimum atomic E-state index is 0.339. The molecule has 166 valence electrons. The molecule has 0 heterocycles. The van der Waals surface area contributed by atoms with Crippen molar-refractivity contribution in [1.29, 1.82) is 5.26 Å². The first kappa shape index (κ1) is 23.6. The number of hydrogen-bond donors (Lipinski definition) is 0. The predicted molar refractivity (Wildman–Crippen MR) is 134 cm³/mol. The number of rotatable bonds is 8. The van der Waals surface area contributed by atoms with Crippen molar-refractivity contribution in [2.24, 2.45) is 0 Å². The van der Waals surface area contributed by atoms with E-state index in [1.54, 1.807) is 7.11 Å². The minimum absolute atomic E-state index is 0.339. The van der Waals surface area contributed by atoms with E-state index in [1.807, 2.05) is 12.1 Å². The second-order valence-corrected chi connectivity index (χ2v) is 9.23. The fraction of sp³-hybridized carbons (Fsp3) is 0.367. The summed E-state index contributed by atoms with van der Waals surface area (Å²) >= 11 is 0. The lowest BCUT2D eigenvalue weighted by atomic mass is 9.83. The van der Waals surface area contributed by atoms with E-state index in [9.17, 15) is 5.26 Å².